The maximum atomic E-state index is 12.2. The average molecular weight is 394 g/mol. The number of pyridine rings is 1. The fourth-order valence-electron chi connectivity index (χ4n) is 3.62. The van der Waals surface area contributed by atoms with Crippen LogP contribution >= 0.6 is 0 Å². The summed E-state index contributed by atoms with van der Waals surface area (Å²) in [5.41, 5.74) is 10.6. The molecule has 0 fully saturated rings. The number of hydrogen-bond acceptors (Lipinski definition) is 6. The van der Waals surface area contributed by atoms with E-state index in [4.69, 9.17) is 15.2 Å². The number of carbonyl (C=O) groups is 1. The highest BCUT2D eigenvalue weighted by Gasteiger charge is 2.26. The zero-order chi connectivity index (χ0) is 20.5. The summed E-state index contributed by atoms with van der Waals surface area (Å²) < 4.78 is 11.7. The third kappa shape index (κ3) is 3.70. The molecular weight excluding hydrogens is 368 g/mol. The average Bonchev–Trinajstić information content (AvgIpc) is 3.19. The van der Waals surface area contributed by atoms with Crippen LogP contribution in [-0.4, -0.2) is 55.4 Å². The van der Waals surface area contributed by atoms with Gasteiger partial charge < -0.3 is 20.1 Å². The number of ether oxygens (including phenoxy) is 2. The van der Waals surface area contributed by atoms with E-state index in [2.05, 4.69) is 27.9 Å². The van der Waals surface area contributed by atoms with Crippen molar-refractivity contribution in [1.82, 2.24) is 9.88 Å². The Balaban J connectivity index is 1.80. The Morgan fingerprint density at radius 2 is 2.21 bits per heavy atom. The first-order valence-electron chi connectivity index (χ1n) is 9.89. The number of nitrogens with two attached hydrogens (primary N) is 1. The van der Waals surface area contributed by atoms with Crippen molar-refractivity contribution in [1.29, 1.82) is 0 Å². The molecule has 1 atom stereocenters. The molecular formula is C22H26N4O3. The van der Waals surface area contributed by atoms with Gasteiger partial charge in [0.2, 0.25) is 5.88 Å². The maximum Gasteiger partial charge on any atom is 0.252 e. The Labute approximate surface area is 170 Å². The lowest BCUT2D eigenvalue weighted by Gasteiger charge is -2.22. The molecule has 2 N–H and O–H groups in total. The van der Waals surface area contributed by atoms with E-state index in [0.717, 1.165) is 40.8 Å². The molecule has 1 aromatic heterocycles. The van der Waals surface area contributed by atoms with Crippen LogP contribution in [0.2, 0.25) is 0 Å². The molecule has 1 aromatic carbocycles. The van der Waals surface area contributed by atoms with E-state index in [1.165, 1.54) is 0 Å². The van der Waals surface area contributed by atoms with E-state index in [9.17, 15) is 4.79 Å². The molecule has 2 aromatic rings. The van der Waals surface area contributed by atoms with Crippen molar-refractivity contribution in [2.75, 3.05) is 27.3 Å². The predicted molar refractivity (Wildman–Crippen MR) is 113 cm³/mol. The lowest BCUT2D eigenvalue weighted by Crippen LogP contribution is -2.31. The molecule has 0 unspecified atom stereocenters. The van der Waals surface area contributed by atoms with E-state index in [1.807, 2.05) is 26.4 Å². The Hall–Kier alpha value is -2.93. The highest BCUT2D eigenvalue weighted by atomic mass is 16.5. The molecule has 152 valence electrons. The van der Waals surface area contributed by atoms with Crippen LogP contribution in [0.15, 0.2) is 23.3 Å². The van der Waals surface area contributed by atoms with Gasteiger partial charge in [0, 0.05) is 47.1 Å². The minimum Gasteiger partial charge on any atom is -0.491 e. The Kier molecular flexibility index (Phi) is 5.24. The molecule has 0 saturated heterocycles. The summed E-state index contributed by atoms with van der Waals surface area (Å²) >= 11 is 0. The van der Waals surface area contributed by atoms with Crippen molar-refractivity contribution in [2.24, 2.45) is 10.7 Å². The molecule has 0 radical (unpaired) electrons. The number of likely N-dealkylation sites (N-methyl/N-ethyl adjacent to an activating group) is 1. The summed E-state index contributed by atoms with van der Waals surface area (Å²) in [5, 5.41) is 0. The first-order chi connectivity index (χ1) is 14.0. The first-order valence-corrected chi connectivity index (χ1v) is 9.89. The van der Waals surface area contributed by atoms with Crippen LogP contribution in [-0.2, 0) is 12.8 Å². The summed E-state index contributed by atoms with van der Waals surface area (Å²) in [6.45, 7) is 3.21. The van der Waals surface area contributed by atoms with Gasteiger partial charge in [0.1, 0.15) is 12.4 Å². The van der Waals surface area contributed by atoms with Crippen molar-refractivity contribution in [3.05, 3.63) is 35.0 Å². The monoisotopic (exact) mass is 394 g/mol. The van der Waals surface area contributed by atoms with Crippen LogP contribution in [0.5, 0.6) is 11.6 Å². The predicted octanol–water partition coefficient (Wildman–Crippen LogP) is 2.76. The normalized spacial score (nSPS) is 15.6. The van der Waals surface area contributed by atoms with Crippen molar-refractivity contribution in [3.63, 3.8) is 0 Å². The number of primary amides is 1. The summed E-state index contributed by atoms with van der Waals surface area (Å²) in [7, 11) is 3.98. The first kappa shape index (κ1) is 19.4. The van der Waals surface area contributed by atoms with E-state index in [1.54, 1.807) is 6.20 Å². The number of aryl methyl sites for hydroxylation is 1. The third-order valence-corrected chi connectivity index (χ3v) is 5.55. The number of fused-ring (bicyclic) bond motifs is 2. The van der Waals surface area contributed by atoms with Gasteiger partial charge in [-0.2, -0.15) is 0 Å². The van der Waals surface area contributed by atoms with Crippen LogP contribution in [0.25, 0.3) is 11.1 Å². The quantitative estimate of drug-likeness (QED) is 0.814. The fraction of sp³-hybridized carbons (Fsp3) is 0.409. The summed E-state index contributed by atoms with van der Waals surface area (Å²) in [6.07, 6.45) is 6.07. The number of benzene rings is 1. The van der Waals surface area contributed by atoms with Gasteiger partial charge in [-0.1, -0.05) is 0 Å². The second-order valence-corrected chi connectivity index (χ2v) is 7.77. The summed E-state index contributed by atoms with van der Waals surface area (Å²) in [4.78, 5) is 23.3. The Bertz CT molecular complexity index is 985. The second kappa shape index (κ2) is 7.83. The number of carbonyl (C=O) groups excluding carboxylic acids is 1. The topological polar surface area (TPSA) is 90.0 Å². The van der Waals surface area contributed by atoms with Crippen molar-refractivity contribution < 1.29 is 14.3 Å². The minimum absolute atomic E-state index is 0.186. The molecule has 2 aliphatic rings. The maximum absolute atomic E-state index is 12.2. The molecule has 0 spiro atoms. The number of rotatable bonds is 6. The molecule has 4 rings (SSSR count). The highest BCUT2D eigenvalue weighted by molar-refractivity contribution is 6.03. The lowest BCUT2D eigenvalue weighted by molar-refractivity contribution is 0.0994. The van der Waals surface area contributed by atoms with E-state index in [-0.39, 0.29) is 6.04 Å². The number of nitrogens with zero attached hydrogens (tertiary/aromatic N) is 3. The molecule has 1 amide bonds. The van der Waals surface area contributed by atoms with Crippen molar-refractivity contribution in [3.8, 4) is 22.8 Å². The van der Waals surface area contributed by atoms with E-state index in [0.29, 0.717) is 36.8 Å². The summed E-state index contributed by atoms with van der Waals surface area (Å²) in [5.74, 6) is 0.701. The Morgan fingerprint density at radius 1 is 1.38 bits per heavy atom. The van der Waals surface area contributed by atoms with E-state index >= 15 is 0 Å². The van der Waals surface area contributed by atoms with Gasteiger partial charge in [-0.3, -0.25) is 9.79 Å². The number of aromatic nitrogens is 1. The molecule has 2 aliphatic heterocycles. The van der Waals surface area contributed by atoms with Gasteiger partial charge in [-0.15, -0.1) is 0 Å². The molecule has 0 saturated carbocycles. The number of aliphatic imine (C=N–C) groups is 1. The smallest absolute Gasteiger partial charge is 0.252 e. The third-order valence-electron chi connectivity index (χ3n) is 5.55. The van der Waals surface area contributed by atoms with Crippen molar-refractivity contribution in [2.45, 2.75) is 32.2 Å². The van der Waals surface area contributed by atoms with Gasteiger partial charge in [0.25, 0.3) is 5.91 Å². The number of amides is 1. The SMILES string of the molecule is C[C@H](COc1cc(-c2cnc3c(c2)CCCO3)c2c(c1C(N)=O)CC=N2)N(C)C. The zero-order valence-electron chi connectivity index (χ0n) is 17.1. The van der Waals surface area contributed by atoms with Gasteiger partial charge in [0.05, 0.1) is 17.9 Å². The highest BCUT2D eigenvalue weighted by Crippen LogP contribution is 2.43. The molecule has 29 heavy (non-hydrogen) atoms. The number of hydrogen-bond donors (Lipinski definition) is 1. The summed E-state index contributed by atoms with van der Waals surface area (Å²) in [6, 6.07) is 4.16. The van der Waals surface area contributed by atoms with Gasteiger partial charge in [-0.05, 0) is 46.0 Å². The van der Waals surface area contributed by atoms with Crippen LogP contribution in [0.3, 0.4) is 0 Å². The lowest BCUT2D eigenvalue weighted by atomic mass is 9.94. The van der Waals surface area contributed by atoms with Gasteiger partial charge in [0.15, 0.2) is 0 Å². The molecule has 0 aliphatic carbocycles. The van der Waals surface area contributed by atoms with Crippen LogP contribution in [0.1, 0.15) is 34.8 Å². The largest absolute Gasteiger partial charge is 0.491 e. The van der Waals surface area contributed by atoms with Gasteiger partial charge >= 0.3 is 0 Å². The molecule has 3 heterocycles. The second-order valence-electron chi connectivity index (χ2n) is 7.77. The van der Waals surface area contributed by atoms with Crippen molar-refractivity contribution >= 4 is 17.8 Å². The minimum atomic E-state index is -0.497. The van der Waals surface area contributed by atoms with Crippen LogP contribution in [0.4, 0.5) is 5.69 Å². The zero-order valence-corrected chi connectivity index (χ0v) is 17.1. The van der Waals surface area contributed by atoms with Crippen LogP contribution in [0, 0.1) is 0 Å². The fourth-order valence-corrected chi connectivity index (χ4v) is 3.62. The molecule has 7 nitrogen and oxygen atoms in total. The molecule has 0 bridgehead atoms. The van der Waals surface area contributed by atoms with E-state index < -0.39 is 5.91 Å². The Morgan fingerprint density at radius 3 is 2.97 bits per heavy atom. The van der Waals surface area contributed by atoms with Crippen LogP contribution < -0.4 is 15.2 Å². The standard InChI is InChI=1S/C22H26N4O3/c1-13(26(2)3)12-29-18-10-17(20-16(6-7-24-20)19(18)21(23)27)15-9-14-5-4-8-28-22(14)25-11-15/h7,9-11,13H,4-6,8,12H2,1-3H3,(H2,23,27)/t13-/m1/s1. The molecule has 7 heteroatoms. The van der Waals surface area contributed by atoms with Gasteiger partial charge in [-0.25, -0.2) is 4.98 Å².